The summed E-state index contributed by atoms with van der Waals surface area (Å²) in [5, 5.41) is 0. The second-order valence-electron chi connectivity index (χ2n) is 8.47. The molecule has 2 unspecified atom stereocenters. The molecule has 4 fully saturated rings. The van der Waals surface area contributed by atoms with Crippen LogP contribution in [0.15, 0.2) is 14.3 Å². The molecule has 0 aliphatic heterocycles. The van der Waals surface area contributed by atoms with E-state index in [0.717, 1.165) is 38.3 Å². The number of thiophene rings is 1. The van der Waals surface area contributed by atoms with E-state index in [1.54, 1.807) is 11.3 Å². The van der Waals surface area contributed by atoms with Crippen molar-refractivity contribution in [3.8, 4) is 0 Å². The first-order chi connectivity index (χ1) is 9.73. The second-order valence-corrected chi connectivity index (χ2v) is 11.7. The number of ketones is 1. The molecular weight excluding hydrogens is 412 g/mol. The number of halogens is 2. The fourth-order valence-electron chi connectivity index (χ4n) is 6.42. The van der Waals surface area contributed by atoms with Gasteiger partial charge in [0.05, 0.1) is 8.66 Å². The third kappa shape index (κ3) is 2.23. The normalized spacial score (nSPS) is 44.3. The van der Waals surface area contributed by atoms with E-state index in [9.17, 15) is 4.79 Å². The first-order valence-electron chi connectivity index (χ1n) is 7.72. The summed E-state index contributed by atoms with van der Waals surface area (Å²) in [5.41, 5.74) is 0.720. The molecule has 1 aromatic heterocycles. The highest BCUT2D eigenvalue weighted by Gasteiger charge is 2.62. The van der Waals surface area contributed by atoms with Crippen LogP contribution >= 0.6 is 43.2 Å². The molecule has 0 saturated heterocycles. The average Bonchev–Trinajstić information content (AvgIpc) is 2.64. The number of rotatable bonds is 2. The fourth-order valence-corrected chi connectivity index (χ4v) is 8.52. The SMILES string of the molecule is CC12CC3CC(C)(C1)CC(C(=O)c1cc(Br)c(Br)s1)(C3)C2. The zero-order valence-electron chi connectivity index (χ0n) is 12.5. The van der Waals surface area contributed by atoms with Gasteiger partial charge in [-0.05, 0) is 93.2 Å². The number of hydrogen-bond donors (Lipinski definition) is 0. The van der Waals surface area contributed by atoms with Gasteiger partial charge in [0.15, 0.2) is 5.78 Å². The van der Waals surface area contributed by atoms with Crippen LogP contribution in [0.3, 0.4) is 0 Å². The monoisotopic (exact) mass is 430 g/mol. The Hall–Kier alpha value is 0.330. The van der Waals surface area contributed by atoms with Crippen molar-refractivity contribution < 1.29 is 4.79 Å². The van der Waals surface area contributed by atoms with Crippen molar-refractivity contribution in [1.29, 1.82) is 0 Å². The summed E-state index contributed by atoms with van der Waals surface area (Å²) in [5.74, 6) is 1.19. The molecule has 4 aliphatic carbocycles. The quantitative estimate of drug-likeness (QED) is 0.491. The average molecular weight is 432 g/mol. The van der Waals surface area contributed by atoms with Crippen LogP contribution in [0, 0.1) is 22.2 Å². The zero-order valence-corrected chi connectivity index (χ0v) is 16.5. The Morgan fingerprint density at radius 1 is 1.14 bits per heavy atom. The Bertz CT molecular complexity index is 597. The molecule has 0 spiro atoms. The summed E-state index contributed by atoms with van der Waals surface area (Å²) in [6.07, 6.45) is 7.36. The molecule has 4 heteroatoms. The smallest absolute Gasteiger partial charge is 0.179 e. The van der Waals surface area contributed by atoms with Gasteiger partial charge in [0, 0.05) is 9.89 Å². The molecule has 0 N–H and O–H groups in total. The lowest BCUT2D eigenvalue weighted by atomic mass is 9.39. The largest absolute Gasteiger partial charge is 0.293 e. The number of carbonyl (C=O) groups is 1. The van der Waals surface area contributed by atoms with E-state index in [1.807, 2.05) is 6.07 Å². The number of Topliss-reactive ketones (excluding diaryl/α,β-unsaturated/α-hetero) is 1. The maximum Gasteiger partial charge on any atom is 0.179 e. The highest BCUT2D eigenvalue weighted by molar-refractivity contribution is 9.13. The van der Waals surface area contributed by atoms with Gasteiger partial charge in [-0.1, -0.05) is 13.8 Å². The van der Waals surface area contributed by atoms with Gasteiger partial charge in [-0.15, -0.1) is 11.3 Å². The Morgan fingerprint density at radius 2 is 1.76 bits per heavy atom. The molecule has 0 aromatic carbocycles. The summed E-state index contributed by atoms with van der Waals surface area (Å²) in [6.45, 7) is 4.86. The van der Waals surface area contributed by atoms with Gasteiger partial charge >= 0.3 is 0 Å². The van der Waals surface area contributed by atoms with Crippen LogP contribution < -0.4 is 0 Å². The first-order valence-corrected chi connectivity index (χ1v) is 10.1. The van der Waals surface area contributed by atoms with Crippen molar-refractivity contribution in [2.75, 3.05) is 0 Å². The molecule has 1 nitrogen and oxygen atoms in total. The highest BCUT2D eigenvalue weighted by Crippen LogP contribution is 2.70. The van der Waals surface area contributed by atoms with Crippen LogP contribution in [0.4, 0.5) is 0 Å². The molecule has 4 bridgehead atoms. The molecule has 1 heterocycles. The van der Waals surface area contributed by atoms with Crippen LogP contribution in [0.2, 0.25) is 0 Å². The van der Waals surface area contributed by atoms with Gasteiger partial charge in [0.25, 0.3) is 0 Å². The van der Waals surface area contributed by atoms with Crippen LogP contribution in [0.5, 0.6) is 0 Å². The summed E-state index contributed by atoms with van der Waals surface area (Å²) in [6, 6.07) is 2.01. The fraction of sp³-hybridized carbons (Fsp3) is 0.706. The molecule has 2 atom stereocenters. The van der Waals surface area contributed by atoms with Crippen molar-refractivity contribution in [1.82, 2.24) is 0 Å². The lowest BCUT2D eigenvalue weighted by molar-refractivity contribution is -0.125. The standard InChI is InChI=1S/C17H20Br2OS/c1-15-4-10-5-16(2,7-15)9-17(6-10,8-15)13(20)12-3-11(18)14(19)21-12/h3,10H,4-9H2,1-2H3. The van der Waals surface area contributed by atoms with Crippen LogP contribution in [-0.4, -0.2) is 5.78 Å². The van der Waals surface area contributed by atoms with E-state index in [0.29, 0.717) is 16.6 Å². The Kier molecular flexibility index (Phi) is 3.15. The Balaban J connectivity index is 1.75. The van der Waals surface area contributed by atoms with Gasteiger partial charge in [-0.2, -0.15) is 0 Å². The Morgan fingerprint density at radius 3 is 2.24 bits per heavy atom. The molecule has 4 aliphatic rings. The highest BCUT2D eigenvalue weighted by atomic mass is 79.9. The summed E-state index contributed by atoms with van der Waals surface area (Å²) < 4.78 is 2.05. The van der Waals surface area contributed by atoms with E-state index in [4.69, 9.17) is 0 Å². The maximum absolute atomic E-state index is 13.3. The predicted octanol–water partition coefficient (Wildman–Crippen LogP) is 6.45. The van der Waals surface area contributed by atoms with Crippen LogP contribution in [0.1, 0.15) is 62.0 Å². The molecule has 4 saturated carbocycles. The molecular formula is C17H20Br2OS. The van der Waals surface area contributed by atoms with Crippen molar-refractivity contribution in [2.24, 2.45) is 22.2 Å². The van der Waals surface area contributed by atoms with E-state index in [1.165, 1.54) is 19.3 Å². The van der Waals surface area contributed by atoms with Crippen molar-refractivity contribution in [3.05, 3.63) is 19.2 Å². The summed E-state index contributed by atoms with van der Waals surface area (Å²) in [4.78, 5) is 14.3. The third-order valence-electron chi connectivity index (χ3n) is 5.98. The van der Waals surface area contributed by atoms with E-state index in [-0.39, 0.29) is 5.41 Å². The molecule has 5 rings (SSSR count). The number of hydrogen-bond acceptors (Lipinski definition) is 2. The predicted molar refractivity (Wildman–Crippen MR) is 93.9 cm³/mol. The van der Waals surface area contributed by atoms with Crippen LogP contribution in [-0.2, 0) is 0 Å². The van der Waals surface area contributed by atoms with Gasteiger partial charge in [-0.3, -0.25) is 4.79 Å². The van der Waals surface area contributed by atoms with E-state index in [2.05, 4.69) is 45.7 Å². The second kappa shape index (κ2) is 4.45. The van der Waals surface area contributed by atoms with E-state index < -0.39 is 0 Å². The molecule has 0 amide bonds. The lowest BCUT2D eigenvalue weighted by Gasteiger charge is -2.64. The minimum atomic E-state index is -0.0767. The molecule has 114 valence electrons. The van der Waals surface area contributed by atoms with E-state index >= 15 is 0 Å². The van der Waals surface area contributed by atoms with Gasteiger partial charge in [0.2, 0.25) is 0 Å². The van der Waals surface area contributed by atoms with Crippen molar-refractivity contribution in [3.63, 3.8) is 0 Å². The van der Waals surface area contributed by atoms with Crippen molar-refractivity contribution >= 4 is 49.0 Å². The zero-order chi connectivity index (χ0) is 15.0. The third-order valence-corrected chi connectivity index (χ3v) is 9.23. The van der Waals surface area contributed by atoms with Crippen molar-refractivity contribution in [2.45, 2.75) is 52.4 Å². The minimum absolute atomic E-state index is 0.0767. The Labute approximate surface area is 147 Å². The van der Waals surface area contributed by atoms with Gasteiger partial charge in [-0.25, -0.2) is 0 Å². The number of carbonyl (C=O) groups excluding carboxylic acids is 1. The first kappa shape index (κ1) is 14.9. The van der Waals surface area contributed by atoms with Gasteiger partial charge < -0.3 is 0 Å². The van der Waals surface area contributed by atoms with Crippen LogP contribution in [0.25, 0.3) is 0 Å². The topological polar surface area (TPSA) is 17.1 Å². The summed E-state index contributed by atoms with van der Waals surface area (Å²) >= 11 is 8.65. The maximum atomic E-state index is 13.3. The molecule has 1 aromatic rings. The molecule has 0 radical (unpaired) electrons. The molecule has 21 heavy (non-hydrogen) atoms. The lowest BCUT2D eigenvalue weighted by Crippen LogP contribution is -2.57. The van der Waals surface area contributed by atoms with Gasteiger partial charge in [0.1, 0.15) is 0 Å². The summed E-state index contributed by atoms with van der Waals surface area (Å²) in [7, 11) is 0. The minimum Gasteiger partial charge on any atom is -0.293 e.